The molecule has 0 bridgehead atoms. The zero-order chi connectivity index (χ0) is 26.1. The Morgan fingerprint density at radius 1 is 0.486 bits per heavy atom. The Morgan fingerprint density at radius 3 is 1.14 bits per heavy atom. The number of hydrogen-bond acceptors (Lipinski definition) is 2. The maximum Gasteiger partial charge on any atom is 0.303 e. The molecule has 0 aromatic rings. The van der Waals surface area contributed by atoms with E-state index in [9.17, 15) is 4.79 Å². The van der Waals surface area contributed by atoms with Crippen molar-refractivity contribution in [3.8, 4) is 0 Å². The first-order chi connectivity index (χ1) is 17.2. The van der Waals surface area contributed by atoms with Gasteiger partial charge in [-0.1, -0.05) is 148 Å². The minimum absolute atomic E-state index is 0.344. The van der Waals surface area contributed by atoms with Gasteiger partial charge in [0, 0.05) is 13.0 Å². The summed E-state index contributed by atoms with van der Waals surface area (Å²) in [6.45, 7) is 4.88. The second-order valence-electron chi connectivity index (χ2n) is 10.3. The Morgan fingerprint density at radius 2 is 0.800 bits per heavy atom. The van der Waals surface area contributed by atoms with E-state index in [1.54, 1.807) is 0 Å². The monoisotopic (exact) mass is 496 g/mol. The number of allylic oxidation sites excluding steroid dienone is 2. The van der Waals surface area contributed by atoms with Crippen molar-refractivity contribution in [2.75, 3.05) is 6.61 Å². The summed E-state index contributed by atoms with van der Waals surface area (Å²) in [5.74, 6) is -0.657. The van der Waals surface area contributed by atoms with Gasteiger partial charge >= 0.3 is 5.97 Å². The van der Waals surface area contributed by atoms with Crippen molar-refractivity contribution in [3.05, 3.63) is 12.2 Å². The standard InChI is InChI=1S/C18H36O.C14H28O2/c1-2-3-4-5-6-7-8-9-10-11-12-13-14-15-16-17-18-19;1-2-3-4-5-6-7-8-9-10-11-12-13-14(15)16/h9-10,19H,2-8,11-18H2,1H3;2-13H2,1H3,(H,15,16)/b10-9-;. The average molecular weight is 497 g/mol. The molecule has 0 rings (SSSR count). The molecule has 0 saturated carbocycles. The van der Waals surface area contributed by atoms with E-state index in [-0.39, 0.29) is 0 Å². The lowest BCUT2D eigenvalue weighted by Crippen LogP contribution is -1.93. The van der Waals surface area contributed by atoms with E-state index in [1.165, 1.54) is 141 Å². The van der Waals surface area contributed by atoms with Gasteiger partial charge in [-0.25, -0.2) is 0 Å². The number of hydrogen-bond donors (Lipinski definition) is 2. The zero-order valence-electron chi connectivity index (χ0n) is 24.0. The summed E-state index contributed by atoms with van der Waals surface area (Å²) in [6, 6.07) is 0. The van der Waals surface area contributed by atoms with Crippen molar-refractivity contribution in [3.63, 3.8) is 0 Å². The first-order valence-electron chi connectivity index (χ1n) is 15.7. The second-order valence-corrected chi connectivity index (χ2v) is 10.3. The summed E-state index contributed by atoms with van der Waals surface area (Å²) >= 11 is 0. The van der Waals surface area contributed by atoms with Crippen molar-refractivity contribution in [1.82, 2.24) is 0 Å². The first-order valence-corrected chi connectivity index (χ1v) is 15.7. The van der Waals surface area contributed by atoms with Crippen molar-refractivity contribution in [1.29, 1.82) is 0 Å². The number of aliphatic hydroxyl groups excluding tert-OH is 1. The first kappa shape index (κ1) is 36.3. The fourth-order valence-corrected chi connectivity index (χ4v) is 4.30. The SMILES string of the molecule is CCCCCCCC/C=C\CCCCCCCCO.CCCCCCCCCCCCCC(=O)O. The Hall–Kier alpha value is -0.830. The molecule has 0 aliphatic carbocycles. The lowest BCUT2D eigenvalue weighted by molar-refractivity contribution is -0.137. The fourth-order valence-electron chi connectivity index (χ4n) is 4.30. The molecule has 0 saturated heterocycles. The molecule has 0 unspecified atom stereocenters. The molecule has 0 spiro atoms. The second kappa shape index (κ2) is 35.3. The topological polar surface area (TPSA) is 57.5 Å². The van der Waals surface area contributed by atoms with Crippen molar-refractivity contribution in [2.24, 2.45) is 0 Å². The number of aliphatic carboxylic acids is 1. The lowest BCUT2D eigenvalue weighted by atomic mass is 10.1. The van der Waals surface area contributed by atoms with Crippen LogP contribution in [-0.2, 0) is 4.79 Å². The number of aliphatic hydroxyl groups is 1. The van der Waals surface area contributed by atoms with E-state index in [0.717, 1.165) is 19.3 Å². The number of carboxylic acid groups (broad SMARTS) is 1. The highest BCUT2D eigenvalue weighted by molar-refractivity contribution is 5.66. The van der Waals surface area contributed by atoms with E-state index in [0.29, 0.717) is 13.0 Å². The third kappa shape index (κ3) is 40.6. The summed E-state index contributed by atoms with van der Waals surface area (Å²) < 4.78 is 0. The van der Waals surface area contributed by atoms with Crippen molar-refractivity contribution >= 4 is 5.97 Å². The molecule has 3 heteroatoms. The molecule has 0 heterocycles. The highest BCUT2D eigenvalue weighted by Crippen LogP contribution is 2.12. The normalized spacial score (nSPS) is 11.1. The summed E-state index contributed by atoms with van der Waals surface area (Å²) in [4.78, 5) is 10.3. The highest BCUT2D eigenvalue weighted by Gasteiger charge is 1.96. The Kier molecular flexibility index (Phi) is 36.7. The van der Waals surface area contributed by atoms with E-state index < -0.39 is 5.97 Å². The van der Waals surface area contributed by atoms with Gasteiger partial charge in [0.25, 0.3) is 0 Å². The number of rotatable bonds is 27. The smallest absolute Gasteiger partial charge is 0.303 e. The van der Waals surface area contributed by atoms with Crippen LogP contribution >= 0.6 is 0 Å². The molecule has 0 amide bonds. The van der Waals surface area contributed by atoms with Gasteiger partial charge in [0.15, 0.2) is 0 Å². The number of carboxylic acids is 1. The van der Waals surface area contributed by atoms with Crippen LogP contribution in [0.2, 0.25) is 0 Å². The third-order valence-corrected chi connectivity index (χ3v) is 6.66. The molecule has 0 aliphatic heterocycles. The predicted molar refractivity (Wildman–Crippen MR) is 155 cm³/mol. The molecule has 0 fully saturated rings. The zero-order valence-corrected chi connectivity index (χ0v) is 24.0. The van der Waals surface area contributed by atoms with E-state index in [4.69, 9.17) is 10.2 Å². The van der Waals surface area contributed by atoms with Crippen LogP contribution in [0.25, 0.3) is 0 Å². The lowest BCUT2D eigenvalue weighted by Gasteiger charge is -2.01. The fraction of sp³-hybridized carbons (Fsp3) is 0.906. The summed E-state index contributed by atoms with van der Waals surface area (Å²) in [6.07, 6.45) is 37.6. The van der Waals surface area contributed by atoms with E-state index in [1.807, 2.05) is 0 Å². The van der Waals surface area contributed by atoms with E-state index >= 15 is 0 Å². The van der Waals surface area contributed by atoms with Gasteiger partial charge in [-0.3, -0.25) is 4.79 Å². The minimum atomic E-state index is -0.657. The van der Waals surface area contributed by atoms with Crippen LogP contribution in [0.5, 0.6) is 0 Å². The molecule has 2 N–H and O–H groups in total. The predicted octanol–water partition coefficient (Wildman–Crippen LogP) is 10.8. The minimum Gasteiger partial charge on any atom is -0.481 e. The van der Waals surface area contributed by atoms with Gasteiger partial charge in [0.2, 0.25) is 0 Å². The van der Waals surface area contributed by atoms with Gasteiger partial charge in [0.05, 0.1) is 0 Å². The molecule has 210 valence electrons. The number of unbranched alkanes of at least 4 members (excludes halogenated alkanes) is 22. The molecule has 3 nitrogen and oxygen atoms in total. The quantitative estimate of drug-likeness (QED) is 0.0878. The van der Waals surface area contributed by atoms with Gasteiger partial charge in [-0.2, -0.15) is 0 Å². The maximum atomic E-state index is 10.3. The van der Waals surface area contributed by atoms with Crippen LogP contribution in [0.15, 0.2) is 12.2 Å². The van der Waals surface area contributed by atoms with Crippen LogP contribution < -0.4 is 0 Å². The molecule has 0 aliphatic rings. The summed E-state index contributed by atoms with van der Waals surface area (Å²) in [5.41, 5.74) is 0. The molecule has 0 radical (unpaired) electrons. The Labute approximate surface area is 220 Å². The molecular weight excluding hydrogens is 432 g/mol. The molecule has 0 aromatic carbocycles. The van der Waals surface area contributed by atoms with Crippen LogP contribution in [0.1, 0.15) is 181 Å². The van der Waals surface area contributed by atoms with Crippen LogP contribution in [0, 0.1) is 0 Å². The van der Waals surface area contributed by atoms with Crippen molar-refractivity contribution in [2.45, 2.75) is 181 Å². The van der Waals surface area contributed by atoms with Crippen LogP contribution in [0.4, 0.5) is 0 Å². The molecular formula is C32H64O3. The maximum absolute atomic E-state index is 10.3. The van der Waals surface area contributed by atoms with Gasteiger partial charge < -0.3 is 10.2 Å². The Bertz CT molecular complexity index is 406. The highest BCUT2D eigenvalue weighted by atomic mass is 16.4. The summed E-state index contributed by atoms with van der Waals surface area (Å²) in [5, 5.41) is 17.1. The summed E-state index contributed by atoms with van der Waals surface area (Å²) in [7, 11) is 0. The average Bonchev–Trinajstić information content (AvgIpc) is 2.85. The molecule has 0 aromatic heterocycles. The number of carbonyl (C=O) groups is 1. The van der Waals surface area contributed by atoms with Gasteiger partial charge in [-0.05, 0) is 38.5 Å². The molecule has 0 atom stereocenters. The van der Waals surface area contributed by atoms with E-state index in [2.05, 4.69) is 26.0 Å². The molecule has 35 heavy (non-hydrogen) atoms. The van der Waals surface area contributed by atoms with Gasteiger partial charge in [-0.15, -0.1) is 0 Å². The van der Waals surface area contributed by atoms with Gasteiger partial charge in [0.1, 0.15) is 0 Å². The third-order valence-electron chi connectivity index (χ3n) is 6.66. The van der Waals surface area contributed by atoms with Crippen LogP contribution in [0.3, 0.4) is 0 Å². The largest absolute Gasteiger partial charge is 0.481 e. The van der Waals surface area contributed by atoms with Crippen molar-refractivity contribution < 1.29 is 15.0 Å². The Balaban J connectivity index is 0. The van der Waals surface area contributed by atoms with Crippen LogP contribution in [-0.4, -0.2) is 22.8 Å².